The van der Waals surface area contributed by atoms with Crippen LogP contribution in [0.1, 0.15) is 56.8 Å². The Hall–Kier alpha value is -2.41. The molecule has 0 aromatic heterocycles. The predicted octanol–water partition coefficient (Wildman–Crippen LogP) is 2.29. The van der Waals surface area contributed by atoms with Crippen LogP contribution < -0.4 is 15.5 Å². The van der Waals surface area contributed by atoms with E-state index in [0.29, 0.717) is 12.0 Å². The number of hydrogen-bond donors (Lipinski definition) is 2. The zero-order valence-electron chi connectivity index (χ0n) is 18.1. The van der Waals surface area contributed by atoms with Gasteiger partial charge in [0.15, 0.2) is 5.78 Å². The molecule has 1 aromatic carbocycles. The van der Waals surface area contributed by atoms with Gasteiger partial charge in [-0.2, -0.15) is 0 Å². The van der Waals surface area contributed by atoms with E-state index in [9.17, 15) is 14.4 Å². The Morgan fingerprint density at radius 2 is 1.80 bits per heavy atom. The highest BCUT2D eigenvalue weighted by atomic mass is 16.5. The number of benzene rings is 1. The number of nitrogens with one attached hydrogen (secondary N) is 2. The lowest BCUT2D eigenvalue weighted by Crippen LogP contribution is -2.53. The summed E-state index contributed by atoms with van der Waals surface area (Å²) in [7, 11) is 0. The van der Waals surface area contributed by atoms with Gasteiger partial charge in [-0.15, -0.1) is 0 Å². The first-order valence-corrected chi connectivity index (χ1v) is 11.0. The molecular weight excluding hydrogens is 382 g/mol. The molecule has 0 bridgehead atoms. The first-order valence-electron chi connectivity index (χ1n) is 11.0. The Morgan fingerprint density at radius 3 is 2.37 bits per heavy atom. The van der Waals surface area contributed by atoms with Crippen molar-refractivity contribution in [1.29, 1.82) is 0 Å². The average molecular weight is 416 g/mol. The molecule has 0 saturated carbocycles. The number of carbonyl (C=O) groups excluding carboxylic acids is 3. The molecular formula is C23H33N3O4. The molecule has 0 aliphatic carbocycles. The van der Waals surface area contributed by atoms with Crippen LogP contribution in [0, 0.1) is 5.92 Å². The third-order valence-electron chi connectivity index (χ3n) is 5.78. The topological polar surface area (TPSA) is 87.7 Å². The molecule has 2 N–H and O–H groups in total. The van der Waals surface area contributed by atoms with Crippen molar-refractivity contribution < 1.29 is 19.1 Å². The van der Waals surface area contributed by atoms with Crippen molar-refractivity contribution in [2.75, 3.05) is 24.6 Å². The van der Waals surface area contributed by atoms with Crippen molar-refractivity contribution in [2.24, 2.45) is 5.92 Å². The van der Waals surface area contributed by atoms with E-state index in [2.05, 4.69) is 15.5 Å². The minimum absolute atomic E-state index is 0.0106. The molecule has 7 nitrogen and oxygen atoms in total. The fourth-order valence-electron chi connectivity index (χ4n) is 4.03. The number of amides is 2. The average Bonchev–Trinajstić information content (AvgIpc) is 3.05. The van der Waals surface area contributed by atoms with E-state index in [-0.39, 0.29) is 36.2 Å². The molecule has 2 aliphatic rings. The van der Waals surface area contributed by atoms with Gasteiger partial charge in [0, 0.05) is 24.3 Å². The first kappa shape index (κ1) is 22.3. The van der Waals surface area contributed by atoms with Gasteiger partial charge >= 0.3 is 0 Å². The van der Waals surface area contributed by atoms with Crippen molar-refractivity contribution >= 4 is 23.3 Å². The molecule has 2 aliphatic heterocycles. The fourth-order valence-corrected chi connectivity index (χ4v) is 4.03. The van der Waals surface area contributed by atoms with Gasteiger partial charge in [-0.25, -0.2) is 0 Å². The normalized spacial score (nSPS) is 22.8. The molecule has 0 radical (unpaired) electrons. The van der Waals surface area contributed by atoms with E-state index in [4.69, 9.17) is 4.74 Å². The highest BCUT2D eigenvalue weighted by molar-refractivity contribution is 5.99. The van der Waals surface area contributed by atoms with Crippen LogP contribution in [0.3, 0.4) is 0 Å². The van der Waals surface area contributed by atoms with Gasteiger partial charge in [0.1, 0.15) is 18.7 Å². The molecule has 1 aromatic rings. The SMILES string of the molecule is CC(C)CC(NC(=O)c1ccc(N2CCCCC2)cc1)C(=O)NC1C(=O)COC1C. The maximum Gasteiger partial charge on any atom is 0.251 e. The largest absolute Gasteiger partial charge is 0.372 e. The molecule has 30 heavy (non-hydrogen) atoms. The minimum atomic E-state index is -0.708. The third-order valence-corrected chi connectivity index (χ3v) is 5.78. The molecule has 2 saturated heterocycles. The summed E-state index contributed by atoms with van der Waals surface area (Å²) in [4.78, 5) is 39.9. The molecule has 3 unspecified atom stereocenters. The van der Waals surface area contributed by atoms with Crippen molar-refractivity contribution in [3.63, 3.8) is 0 Å². The molecule has 3 atom stereocenters. The second-order valence-electron chi connectivity index (χ2n) is 8.72. The standard InChI is InChI=1S/C23H33N3O4/c1-15(2)13-19(23(29)25-21-16(3)30-14-20(21)27)24-22(28)17-7-9-18(10-8-17)26-11-5-4-6-12-26/h7-10,15-16,19,21H,4-6,11-14H2,1-3H3,(H,24,28)(H,25,29). The number of hydrogen-bond acceptors (Lipinski definition) is 5. The van der Waals surface area contributed by atoms with E-state index in [1.807, 2.05) is 26.0 Å². The quantitative estimate of drug-likeness (QED) is 0.713. The zero-order valence-corrected chi connectivity index (χ0v) is 18.1. The first-order chi connectivity index (χ1) is 14.3. The highest BCUT2D eigenvalue weighted by Crippen LogP contribution is 2.20. The van der Waals surface area contributed by atoms with E-state index in [1.54, 1.807) is 19.1 Å². The van der Waals surface area contributed by atoms with Gasteiger partial charge in [0.05, 0.1) is 6.10 Å². The summed E-state index contributed by atoms with van der Waals surface area (Å²) in [5.74, 6) is -0.574. The van der Waals surface area contributed by atoms with Crippen molar-refractivity contribution in [2.45, 2.75) is 64.6 Å². The van der Waals surface area contributed by atoms with E-state index < -0.39 is 12.1 Å². The van der Waals surface area contributed by atoms with E-state index in [0.717, 1.165) is 18.8 Å². The van der Waals surface area contributed by atoms with Gasteiger partial charge < -0.3 is 20.3 Å². The van der Waals surface area contributed by atoms with E-state index in [1.165, 1.54) is 19.3 Å². The lowest BCUT2D eigenvalue weighted by Gasteiger charge is -2.29. The summed E-state index contributed by atoms with van der Waals surface area (Å²) in [5.41, 5.74) is 1.64. The second kappa shape index (κ2) is 10.1. The number of anilines is 1. The highest BCUT2D eigenvalue weighted by Gasteiger charge is 2.35. The summed E-state index contributed by atoms with van der Waals surface area (Å²) in [6.45, 7) is 7.85. The third kappa shape index (κ3) is 5.59. The van der Waals surface area contributed by atoms with Gasteiger partial charge in [-0.1, -0.05) is 13.8 Å². The lowest BCUT2D eigenvalue weighted by atomic mass is 10.0. The van der Waals surface area contributed by atoms with Crippen molar-refractivity contribution in [3.8, 4) is 0 Å². The Bertz CT molecular complexity index is 756. The maximum absolute atomic E-state index is 12.8. The number of piperidine rings is 1. The molecule has 2 amide bonds. The summed E-state index contributed by atoms with van der Waals surface area (Å²) in [5, 5.41) is 5.61. The van der Waals surface area contributed by atoms with Crippen LogP contribution in [0.4, 0.5) is 5.69 Å². The van der Waals surface area contributed by atoms with Crippen LogP contribution in [-0.4, -0.2) is 55.5 Å². The van der Waals surface area contributed by atoms with Gasteiger partial charge in [0.2, 0.25) is 5.91 Å². The van der Waals surface area contributed by atoms with Crippen LogP contribution in [0.2, 0.25) is 0 Å². The Kier molecular flexibility index (Phi) is 7.48. The molecule has 2 heterocycles. The van der Waals surface area contributed by atoms with Crippen LogP contribution in [0.25, 0.3) is 0 Å². The zero-order chi connectivity index (χ0) is 21.7. The number of ether oxygens (including phenoxy) is 1. The summed E-state index contributed by atoms with van der Waals surface area (Å²) < 4.78 is 5.30. The van der Waals surface area contributed by atoms with E-state index >= 15 is 0 Å². The maximum atomic E-state index is 12.8. The molecule has 164 valence electrons. The van der Waals surface area contributed by atoms with Crippen molar-refractivity contribution in [1.82, 2.24) is 10.6 Å². The number of nitrogens with zero attached hydrogens (tertiary/aromatic N) is 1. The van der Waals surface area contributed by atoms with Crippen molar-refractivity contribution in [3.05, 3.63) is 29.8 Å². The van der Waals surface area contributed by atoms with Crippen LogP contribution in [0.15, 0.2) is 24.3 Å². The predicted molar refractivity (Wildman–Crippen MR) is 116 cm³/mol. The van der Waals surface area contributed by atoms with Crippen LogP contribution >= 0.6 is 0 Å². The second-order valence-corrected chi connectivity index (χ2v) is 8.72. The molecule has 7 heteroatoms. The number of carbonyl (C=O) groups is 3. The van der Waals surface area contributed by atoms with Crippen LogP contribution in [0.5, 0.6) is 0 Å². The minimum Gasteiger partial charge on any atom is -0.372 e. The number of Topliss-reactive ketones (excluding diaryl/α,β-unsaturated/α-hetero) is 1. The Labute approximate surface area is 178 Å². The summed E-state index contributed by atoms with van der Waals surface area (Å²) >= 11 is 0. The Morgan fingerprint density at radius 1 is 1.13 bits per heavy atom. The van der Waals surface area contributed by atoms with Crippen LogP contribution in [-0.2, 0) is 14.3 Å². The molecule has 0 spiro atoms. The van der Waals surface area contributed by atoms with Gasteiger partial charge in [0.25, 0.3) is 5.91 Å². The Balaban J connectivity index is 1.64. The summed E-state index contributed by atoms with van der Waals surface area (Å²) in [6.07, 6.45) is 3.79. The smallest absolute Gasteiger partial charge is 0.251 e. The lowest BCUT2D eigenvalue weighted by molar-refractivity contribution is -0.127. The fraction of sp³-hybridized carbons (Fsp3) is 0.609. The van der Waals surface area contributed by atoms with Gasteiger partial charge in [-0.05, 0) is 62.8 Å². The number of ketones is 1. The number of rotatable bonds is 7. The monoisotopic (exact) mass is 415 g/mol. The summed E-state index contributed by atoms with van der Waals surface area (Å²) in [6, 6.07) is 6.18. The molecule has 3 rings (SSSR count). The van der Waals surface area contributed by atoms with Gasteiger partial charge in [-0.3, -0.25) is 14.4 Å². The molecule has 2 fully saturated rings.